The zero-order chi connectivity index (χ0) is 16.9. The highest BCUT2D eigenvalue weighted by molar-refractivity contribution is 6.05. The Balaban J connectivity index is 1.74. The summed E-state index contributed by atoms with van der Waals surface area (Å²) in [5, 5.41) is 2.96. The Labute approximate surface area is 141 Å². The van der Waals surface area contributed by atoms with Gasteiger partial charge in [0.05, 0.1) is 44.1 Å². The van der Waals surface area contributed by atoms with Crippen molar-refractivity contribution in [2.24, 2.45) is 0 Å². The van der Waals surface area contributed by atoms with E-state index in [4.69, 9.17) is 0 Å². The van der Waals surface area contributed by atoms with E-state index in [0.717, 1.165) is 44.1 Å². The molecule has 126 valence electrons. The van der Waals surface area contributed by atoms with Gasteiger partial charge in [-0.1, -0.05) is 12.1 Å². The Morgan fingerprint density at radius 1 is 1.12 bits per heavy atom. The second-order valence-electron chi connectivity index (χ2n) is 6.07. The lowest BCUT2D eigenvalue weighted by molar-refractivity contribution is -0.898. The molecule has 2 aromatic carbocycles. The smallest absolute Gasteiger partial charge is 0.255 e. The van der Waals surface area contributed by atoms with Gasteiger partial charge in [0.2, 0.25) is 0 Å². The number of likely N-dealkylation sites (N-methyl/N-ethyl adjacent to an activating group) is 1. The monoisotopic (exact) mass is 328 g/mol. The van der Waals surface area contributed by atoms with Crippen molar-refractivity contribution in [3.8, 4) is 0 Å². The molecule has 0 radical (unpaired) electrons. The average molecular weight is 328 g/mol. The molecule has 0 atom stereocenters. The molecular weight excluding hydrogens is 305 g/mol. The summed E-state index contributed by atoms with van der Waals surface area (Å²) in [4.78, 5) is 16.3. The molecule has 5 heteroatoms. The number of para-hydroxylation sites is 2. The quantitative estimate of drug-likeness (QED) is 0.898. The summed E-state index contributed by atoms with van der Waals surface area (Å²) >= 11 is 0. The lowest BCUT2D eigenvalue weighted by Gasteiger charge is -2.34. The molecule has 0 bridgehead atoms. The molecule has 2 aromatic rings. The Morgan fingerprint density at radius 3 is 2.46 bits per heavy atom. The molecule has 0 saturated carbocycles. The number of anilines is 2. The van der Waals surface area contributed by atoms with E-state index in [9.17, 15) is 9.18 Å². The number of quaternary nitrogens is 1. The minimum atomic E-state index is -0.344. The first-order chi connectivity index (χ1) is 11.7. The maximum atomic E-state index is 13.0. The molecule has 2 N–H and O–H groups in total. The summed E-state index contributed by atoms with van der Waals surface area (Å²) < 4.78 is 13.0. The molecule has 4 nitrogen and oxygen atoms in total. The van der Waals surface area contributed by atoms with Crippen LogP contribution in [-0.4, -0.2) is 38.6 Å². The first-order valence-electron chi connectivity index (χ1n) is 8.42. The predicted molar refractivity (Wildman–Crippen MR) is 94.2 cm³/mol. The highest BCUT2D eigenvalue weighted by atomic mass is 19.1. The summed E-state index contributed by atoms with van der Waals surface area (Å²) in [7, 11) is 0. The molecule has 1 fully saturated rings. The van der Waals surface area contributed by atoms with Crippen molar-refractivity contribution in [1.29, 1.82) is 0 Å². The second kappa shape index (κ2) is 7.45. The van der Waals surface area contributed by atoms with Crippen LogP contribution in [0.15, 0.2) is 48.5 Å². The minimum absolute atomic E-state index is 0.222. The summed E-state index contributed by atoms with van der Waals surface area (Å²) in [6.45, 7) is 7.53. The zero-order valence-corrected chi connectivity index (χ0v) is 13.9. The van der Waals surface area contributed by atoms with E-state index in [0.29, 0.717) is 5.56 Å². The fraction of sp³-hybridized carbons (Fsp3) is 0.316. The third-order valence-electron chi connectivity index (χ3n) is 4.57. The molecule has 0 spiro atoms. The van der Waals surface area contributed by atoms with Gasteiger partial charge >= 0.3 is 0 Å². The first kappa shape index (κ1) is 16.5. The molecule has 1 saturated heterocycles. The van der Waals surface area contributed by atoms with E-state index < -0.39 is 0 Å². The molecule has 24 heavy (non-hydrogen) atoms. The Morgan fingerprint density at radius 2 is 1.79 bits per heavy atom. The van der Waals surface area contributed by atoms with E-state index in [-0.39, 0.29) is 11.7 Å². The van der Waals surface area contributed by atoms with Gasteiger partial charge in [-0.2, -0.15) is 0 Å². The third-order valence-corrected chi connectivity index (χ3v) is 4.57. The van der Waals surface area contributed by atoms with Crippen LogP contribution in [-0.2, 0) is 0 Å². The standard InChI is InChI=1S/C19H22FN3O/c1-2-22-11-13-23(14-12-22)18-6-4-3-5-17(18)21-19(24)15-7-9-16(20)10-8-15/h3-10H,2,11-14H2,1H3,(H,21,24)/p+1. The highest BCUT2D eigenvalue weighted by Gasteiger charge is 2.21. The number of rotatable bonds is 4. The fourth-order valence-electron chi connectivity index (χ4n) is 3.07. The van der Waals surface area contributed by atoms with Crippen molar-refractivity contribution < 1.29 is 14.1 Å². The number of piperazine rings is 1. The lowest BCUT2D eigenvalue weighted by Crippen LogP contribution is -3.14. The van der Waals surface area contributed by atoms with E-state index in [2.05, 4.69) is 17.1 Å². The maximum absolute atomic E-state index is 13.0. The maximum Gasteiger partial charge on any atom is 0.255 e. The van der Waals surface area contributed by atoms with E-state index >= 15 is 0 Å². The molecule has 0 aliphatic carbocycles. The van der Waals surface area contributed by atoms with Crippen LogP contribution >= 0.6 is 0 Å². The van der Waals surface area contributed by atoms with Crippen LogP contribution < -0.4 is 15.1 Å². The van der Waals surface area contributed by atoms with Gasteiger partial charge in [-0.05, 0) is 43.3 Å². The van der Waals surface area contributed by atoms with Gasteiger partial charge in [0.1, 0.15) is 5.82 Å². The van der Waals surface area contributed by atoms with Crippen LogP contribution in [0.25, 0.3) is 0 Å². The van der Waals surface area contributed by atoms with Crippen molar-refractivity contribution in [3.05, 3.63) is 59.9 Å². The molecule has 3 rings (SSSR count). The van der Waals surface area contributed by atoms with Crippen LogP contribution in [0.4, 0.5) is 15.8 Å². The number of benzene rings is 2. The minimum Gasteiger partial charge on any atom is -0.359 e. The molecule has 1 amide bonds. The number of amides is 1. The van der Waals surface area contributed by atoms with Gasteiger partial charge in [0.15, 0.2) is 0 Å². The van der Waals surface area contributed by atoms with Crippen LogP contribution in [0.2, 0.25) is 0 Å². The van der Waals surface area contributed by atoms with Crippen molar-refractivity contribution in [3.63, 3.8) is 0 Å². The van der Waals surface area contributed by atoms with Crippen molar-refractivity contribution >= 4 is 17.3 Å². The second-order valence-corrected chi connectivity index (χ2v) is 6.07. The zero-order valence-electron chi connectivity index (χ0n) is 13.9. The molecule has 1 aliphatic heterocycles. The number of carbonyl (C=O) groups excluding carboxylic acids is 1. The summed E-state index contributed by atoms with van der Waals surface area (Å²) in [6, 6.07) is 13.4. The van der Waals surface area contributed by atoms with Crippen molar-refractivity contribution in [2.75, 3.05) is 42.9 Å². The van der Waals surface area contributed by atoms with E-state index in [1.165, 1.54) is 24.3 Å². The van der Waals surface area contributed by atoms with Crippen molar-refractivity contribution in [1.82, 2.24) is 0 Å². The Kier molecular flexibility index (Phi) is 5.11. The van der Waals surface area contributed by atoms with E-state index in [1.807, 2.05) is 24.3 Å². The SMILES string of the molecule is CC[NH+]1CCN(c2ccccc2NC(=O)c2ccc(F)cc2)CC1. The predicted octanol–water partition coefficient (Wildman–Crippen LogP) is 1.80. The fourth-order valence-corrected chi connectivity index (χ4v) is 3.07. The molecule has 0 aromatic heterocycles. The normalized spacial score (nSPS) is 15.3. The summed E-state index contributed by atoms with van der Waals surface area (Å²) in [5.41, 5.74) is 2.29. The topological polar surface area (TPSA) is 36.8 Å². The number of hydrogen-bond donors (Lipinski definition) is 2. The lowest BCUT2D eigenvalue weighted by atomic mass is 10.1. The number of nitrogens with one attached hydrogen (secondary N) is 2. The van der Waals surface area contributed by atoms with Gasteiger partial charge in [-0.15, -0.1) is 0 Å². The number of carbonyl (C=O) groups is 1. The van der Waals surface area contributed by atoms with Gasteiger partial charge in [-0.25, -0.2) is 4.39 Å². The van der Waals surface area contributed by atoms with Gasteiger partial charge in [0.25, 0.3) is 5.91 Å². The summed E-state index contributed by atoms with van der Waals surface area (Å²) in [5.74, 6) is -0.566. The van der Waals surface area contributed by atoms with Gasteiger partial charge < -0.3 is 15.1 Å². The van der Waals surface area contributed by atoms with Crippen LogP contribution in [0.3, 0.4) is 0 Å². The summed E-state index contributed by atoms with van der Waals surface area (Å²) in [6.07, 6.45) is 0. The van der Waals surface area contributed by atoms with Gasteiger partial charge in [0, 0.05) is 5.56 Å². The van der Waals surface area contributed by atoms with E-state index in [1.54, 1.807) is 4.90 Å². The molecule has 1 heterocycles. The van der Waals surface area contributed by atoms with Crippen LogP contribution in [0.1, 0.15) is 17.3 Å². The Bertz CT molecular complexity index is 694. The molecular formula is C19H23FN3O+. The molecule has 1 aliphatic rings. The number of hydrogen-bond acceptors (Lipinski definition) is 2. The average Bonchev–Trinajstić information content (AvgIpc) is 2.63. The largest absolute Gasteiger partial charge is 0.359 e. The van der Waals surface area contributed by atoms with Gasteiger partial charge in [-0.3, -0.25) is 4.79 Å². The first-order valence-corrected chi connectivity index (χ1v) is 8.42. The van der Waals surface area contributed by atoms with Crippen LogP contribution in [0, 0.1) is 5.82 Å². The highest BCUT2D eigenvalue weighted by Crippen LogP contribution is 2.26. The Hall–Kier alpha value is -2.40. The number of halogens is 1. The van der Waals surface area contributed by atoms with Crippen LogP contribution in [0.5, 0.6) is 0 Å². The molecule has 0 unspecified atom stereocenters. The van der Waals surface area contributed by atoms with Crippen molar-refractivity contribution in [2.45, 2.75) is 6.92 Å². The third kappa shape index (κ3) is 3.74. The number of nitrogens with zero attached hydrogens (tertiary/aromatic N) is 1.